The van der Waals surface area contributed by atoms with Crippen LogP contribution in [0.1, 0.15) is 10.4 Å². The van der Waals surface area contributed by atoms with Crippen molar-refractivity contribution in [2.45, 2.75) is 0 Å². The van der Waals surface area contributed by atoms with Gasteiger partial charge in [0, 0.05) is 17.1 Å². The van der Waals surface area contributed by atoms with Crippen LogP contribution in [0.15, 0.2) is 41.8 Å². The third-order valence-electron chi connectivity index (χ3n) is 2.74. The van der Waals surface area contributed by atoms with Gasteiger partial charge in [-0.2, -0.15) is 9.36 Å². The van der Waals surface area contributed by atoms with Gasteiger partial charge in [-0.05, 0) is 35.7 Å². The highest BCUT2D eigenvalue weighted by atomic mass is 32.1. The maximum absolute atomic E-state index is 12.1. The predicted molar refractivity (Wildman–Crippen MR) is 84.2 cm³/mol. The van der Waals surface area contributed by atoms with E-state index in [-0.39, 0.29) is 5.91 Å². The van der Waals surface area contributed by atoms with Crippen LogP contribution in [0.4, 0.5) is 5.13 Å². The molecule has 106 valence electrons. The van der Waals surface area contributed by atoms with Crippen molar-refractivity contribution in [3.05, 3.63) is 47.3 Å². The Bertz CT molecular complexity index is 736. The molecule has 0 bridgehead atoms. The molecule has 0 radical (unpaired) electrons. The normalized spacial score (nSPS) is 10.3. The van der Waals surface area contributed by atoms with Gasteiger partial charge in [-0.3, -0.25) is 10.1 Å². The van der Waals surface area contributed by atoms with E-state index in [2.05, 4.69) is 14.7 Å². The second-order valence-corrected chi connectivity index (χ2v) is 5.78. The van der Waals surface area contributed by atoms with E-state index in [0.717, 1.165) is 4.88 Å². The van der Waals surface area contributed by atoms with Gasteiger partial charge in [0.2, 0.25) is 5.13 Å². The minimum absolute atomic E-state index is 0.216. The molecular weight excluding hydrogens is 306 g/mol. The van der Waals surface area contributed by atoms with E-state index in [1.165, 1.54) is 11.5 Å². The third kappa shape index (κ3) is 3.09. The van der Waals surface area contributed by atoms with Crippen LogP contribution in [0, 0.1) is 0 Å². The number of ether oxygens (including phenoxy) is 1. The zero-order chi connectivity index (χ0) is 14.7. The Kier molecular flexibility index (Phi) is 3.94. The van der Waals surface area contributed by atoms with E-state index >= 15 is 0 Å². The molecule has 0 saturated carbocycles. The number of rotatable bonds is 4. The summed E-state index contributed by atoms with van der Waals surface area (Å²) in [6.07, 6.45) is 0. The number of nitrogens with zero attached hydrogens (tertiary/aromatic N) is 2. The molecule has 3 rings (SSSR count). The Hall–Kier alpha value is -2.25. The van der Waals surface area contributed by atoms with Gasteiger partial charge in [-0.1, -0.05) is 6.07 Å². The number of carbonyl (C=O) groups excluding carboxylic acids is 1. The van der Waals surface area contributed by atoms with Crippen LogP contribution in [-0.2, 0) is 0 Å². The zero-order valence-corrected chi connectivity index (χ0v) is 12.7. The number of amides is 1. The molecule has 5 nitrogen and oxygen atoms in total. The van der Waals surface area contributed by atoms with Gasteiger partial charge in [0.25, 0.3) is 5.91 Å². The monoisotopic (exact) mass is 317 g/mol. The highest BCUT2D eigenvalue weighted by Gasteiger charge is 2.11. The molecule has 0 aliphatic carbocycles. The molecule has 1 amide bonds. The summed E-state index contributed by atoms with van der Waals surface area (Å²) in [7, 11) is 1.59. The number of nitrogens with one attached hydrogen (secondary N) is 1. The van der Waals surface area contributed by atoms with Crippen LogP contribution in [0.5, 0.6) is 5.75 Å². The fraction of sp³-hybridized carbons (Fsp3) is 0.0714. The Morgan fingerprint density at radius 2 is 2.05 bits per heavy atom. The highest BCUT2D eigenvalue weighted by molar-refractivity contribution is 7.14. The van der Waals surface area contributed by atoms with Crippen molar-refractivity contribution >= 4 is 33.9 Å². The van der Waals surface area contributed by atoms with Crippen LogP contribution in [-0.4, -0.2) is 22.4 Å². The Balaban J connectivity index is 1.72. The van der Waals surface area contributed by atoms with Crippen LogP contribution in [0.2, 0.25) is 0 Å². The molecule has 2 aromatic heterocycles. The summed E-state index contributed by atoms with van der Waals surface area (Å²) in [5.41, 5.74) is 0.545. The van der Waals surface area contributed by atoms with Crippen LogP contribution in [0.25, 0.3) is 10.7 Å². The molecule has 0 spiro atoms. The van der Waals surface area contributed by atoms with E-state index < -0.39 is 0 Å². The second kappa shape index (κ2) is 6.02. The SMILES string of the molecule is COc1ccc(C(=O)Nc2nc(-c3cccs3)ns2)cc1. The number of methoxy groups -OCH3 is 1. The molecule has 21 heavy (non-hydrogen) atoms. The van der Waals surface area contributed by atoms with Crippen molar-refractivity contribution < 1.29 is 9.53 Å². The molecule has 1 aromatic carbocycles. The van der Waals surface area contributed by atoms with Gasteiger partial charge in [0.1, 0.15) is 5.75 Å². The molecule has 0 atom stereocenters. The fourth-order valence-corrected chi connectivity index (χ4v) is 2.98. The summed E-state index contributed by atoms with van der Waals surface area (Å²) in [6.45, 7) is 0. The van der Waals surface area contributed by atoms with Crippen molar-refractivity contribution in [3.8, 4) is 16.5 Å². The number of benzene rings is 1. The first-order valence-corrected chi connectivity index (χ1v) is 7.74. The highest BCUT2D eigenvalue weighted by Crippen LogP contribution is 2.25. The molecule has 0 saturated heterocycles. The third-order valence-corrected chi connectivity index (χ3v) is 4.24. The van der Waals surface area contributed by atoms with Crippen molar-refractivity contribution in [2.24, 2.45) is 0 Å². The molecule has 1 N–H and O–H groups in total. The largest absolute Gasteiger partial charge is 0.497 e. The number of anilines is 1. The fourth-order valence-electron chi connectivity index (χ4n) is 1.69. The van der Waals surface area contributed by atoms with Crippen molar-refractivity contribution in [2.75, 3.05) is 12.4 Å². The molecule has 0 aliphatic heterocycles. The zero-order valence-electron chi connectivity index (χ0n) is 11.1. The Morgan fingerprint density at radius 1 is 1.24 bits per heavy atom. The van der Waals surface area contributed by atoms with Crippen molar-refractivity contribution in [1.82, 2.24) is 9.36 Å². The Morgan fingerprint density at radius 3 is 2.71 bits per heavy atom. The minimum Gasteiger partial charge on any atom is -0.497 e. The standard InChI is InChI=1S/C14H11N3O2S2/c1-19-10-6-4-9(5-7-10)13(18)16-14-15-12(17-21-14)11-3-2-8-20-11/h2-8H,1H3,(H,15,16,17,18). The van der Waals surface area contributed by atoms with Gasteiger partial charge in [0.05, 0.1) is 12.0 Å². The molecule has 3 aromatic rings. The molecule has 0 fully saturated rings. The van der Waals surface area contributed by atoms with Crippen LogP contribution in [0.3, 0.4) is 0 Å². The number of hydrogen-bond donors (Lipinski definition) is 1. The van der Waals surface area contributed by atoms with Gasteiger partial charge in [-0.25, -0.2) is 0 Å². The van der Waals surface area contributed by atoms with Gasteiger partial charge >= 0.3 is 0 Å². The van der Waals surface area contributed by atoms with Crippen LogP contribution < -0.4 is 10.1 Å². The lowest BCUT2D eigenvalue weighted by atomic mass is 10.2. The van der Waals surface area contributed by atoms with Crippen molar-refractivity contribution in [3.63, 3.8) is 0 Å². The van der Waals surface area contributed by atoms with E-state index in [4.69, 9.17) is 4.74 Å². The molecule has 2 heterocycles. The lowest BCUT2D eigenvalue weighted by molar-refractivity contribution is 0.102. The van der Waals surface area contributed by atoms with E-state index in [1.54, 1.807) is 42.7 Å². The lowest BCUT2D eigenvalue weighted by Crippen LogP contribution is -2.11. The summed E-state index contributed by atoms with van der Waals surface area (Å²) in [4.78, 5) is 17.4. The van der Waals surface area contributed by atoms with E-state index in [1.807, 2.05) is 17.5 Å². The van der Waals surface area contributed by atoms with Crippen molar-refractivity contribution in [1.29, 1.82) is 0 Å². The maximum atomic E-state index is 12.1. The molecular formula is C14H11N3O2S2. The molecule has 7 heteroatoms. The second-order valence-electron chi connectivity index (χ2n) is 4.08. The van der Waals surface area contributed by atoms with Gasteiger partial charge in [0.15, 0.2) is 5.82 Å². The average molecular weight is 317 g/mol. The summed E-state index contributed by atoms with van der Waals surface area (Å²) in [5, 5.41) is 5.20. The van der Waals surface area contributed by atoms with Crippen LogP contribution >= 0.6 is 22.9 Å². The number of carbonyl (C=O) groups is 1. The topological polar surface area (TPSA) is 64.1 Å². The summed E-state index contributed by atoms with van der Waals surface area (Å²) in [6, 6.07) is 10.8. The van der Waals surface area contributed by atoms with E-state index in [9.17, 15) is 4.79 Å². The number of thiophene rings is 1. The number of aromatic nitrogens is 2. The lowest BCUT2D eigenvalue weighted by Gasteiger charge is -2.02. The maximum Gasteiger partial charge on any atom is 0.257 e. The molecule has 0 unspecified atom stereocenters. The first kappa shape index (κ1) is 13.7. The number of hydrogen-bond acceptors (Lipinski definition) is 6. The van der Waals surface area contributed by atoms with Gasteiger partial charge < -0.3 is 4.74 Å². The predicted octanol–water partition coefficient (Wildman–Crippen LogP) is 3.53. The first-order valence-electron chi connectivity index (χ1n) is 6.09. The summed E-state index contributed by atoms with van der Waals surface area (Å²) >= 11 is 2.73. The Labute approximate surface area is 129 Å². The first-order chi connectivity index (χ1) is 10.3. The van der Waals surface area contributed by atoms with E-state index in [0.29, 0.717) is 22.3 Å². The quantitative estimate of drug-likeness (QED) is 0.799. The van der Waals surface area contributed by atoms with Gasteiger partial charge in [-0.15, -0.1) is 11.3 Å². The average Bonchev–Trinajstić information content (AvgIpc) is 3.18. The summed E-state index contributed by atoms with van der Waals surface area (Å²) in [5.74, 6) is 1.13. The smallest absolute Gasteiger partial charge is 0.257 e. The summed E-state index contributed by atoms with van der Waals surface area (Å²) < 4.78 is 9.30. The minimum atomic E-state index is -0.216. The molecule has 0 aliphatic rings.